The van der Waals surface area contributed by atoms with Gasteiger partial charge in [-0.2, -0.15) is 0 Å². The summed E-state index contributed by atoms with van der Waals surface area (Å²) in [4.78, 5) is 8.76. The Balaban J connectivity index is 1.71. The molecule has 2 aromatic carbocycles. The van der Waals surface area contributed by atoms with Crippen LogP contribution in [-0.4, -0.2) is 14.5 Å². The molecule has 0 radical (unpaired) electrons. The zero-order chi connectivity index (χ0) is 15.9. The standard InChI is InChI=1S/C21H15N3/c1-2-7-18-16(4-1)13-20-21(18)19(8-9-23-20)15-5-3-6-17(12-15)24-11-10-22-14-24/h1-12,14H,13H2. The molecule has 0 aliphatic heterocycles. The van der Waals surface area contributed by atoms with Crippen LogP contribution in [-0.2, 0) is 6.42 Å². The smallest absolute Gasteiger partial charge is 0.0991 e. The number of aromatic nitrogens is 3. The lowest BCUT2D eigenvalue weighted by Crippen LogP contribution is -1.93. The minimum atomic E-state index is 0.917. The molecule has 0 saturated carbocycles. The van der Waals surface area contributed by atoms with Crippen molar-refractivity contribution >= 4 is 0 Å². The largest absolute Gasteiger partial charge is 0.306 e. The van der Waals surface area contributed by atoms with Gasteiger partial charge in [-0.3, -0.25) is 4.98 Å². The van der Waals surface area contributed by atoms with Gasteiger partial charge in [0.05, 0.1) is 12.0 Å². The third-order valence-electron chi connectivity index (χ3n) is 4.63. The van der Waals surface area contributed by atoms with Crippen LogP contribution in [0.25, 0.3) is 27.9 Å². The van der Waals surface area contributed by atoms with Crippen LogP contribution in [0, 0.1) is 0 Å². The van der Waals surface area contributed by atoms with E-state index in [1.54, 1.807) is 6.20 Å². The Kier molecular flexibility index (Phi) is 2.85. The maximum absolute atomic E-state index is 4.62. The number of imidazole rings is 1. The number of hydrogen-bond acceptors (Lipinski definition) is 2. The summed E-state index contributed by atoms with van der Waals surface area (Å²) in [6, 6.07) is 19.3. The van der Waals surface area contributed by atoms with E-state index in [9.17, 15) is 0 Å². The molecule has 3 nitrogen and oxygen atoms in total. The van der Waals surface area contributed by atoms with E-state index >= 15 is 0 Å². The lowest BCUT2D eigenvalue weighted by atomic mass is 9.96. The highest BCUT2D eigenvalue weighted by Crippen LogP contribution is 2.41. The Hall–Kier alpha value is -3.20. The van der Waals surface area contributed by atoms with Crippen molar-refractivity contribution in [3.63, 3.8) is 0 Å². The molecule has 0 saturated heterocycles. The molecule has 114 valence electrons. The van der Waals surface area contributed by atoms with E-state index in [0.29, 0.717) is 0 Å². The molecule has 0 bridgehead atoms. The van der Waals surface area contributed by atoms with Gasteiger partial charge in [-0.05, 0) is 40.5 Å². The first-order valence-corrected chi connectivity index (χ1v) is 8.05. The Labute approximate surface area is 140 Å². The van der Waals surface area contributed by atoms with Crippen molar-refractivity contribution in [1.29, 1.82) is 0 Å². The SMILES string of the molecule is c1cc(-c2ccnc3c2-c2ccccc2C3)cc(-n2ccnc2)c1. The van der Waals surface area contributed by atoms with Crippen molar-refractivity contribution in [1.82, 2.24) is 14.5 Å². The molecule has 5 rings (SSSR count). The Morgan fingerprint density at radius 3 is 2.75 bits per heavy atom. The first-order valence-electron chi connectivity index (χ1n) is 8.05. The van der Waals surface area contributed by atoms with Crippen LogP contribution in [0.15, 0.2) is 79.5 Å². The number of benzene rings is 2. The van der Waals surface area contributed by atoms with Crippen LogP contribution in [0.3, 0.4) is 0 Å². The summed E-state index contributed by atoms with van der Waals surface area (Å²) >= 11 is 0. The van der Waals surface area contributed by atoms with Crippen LogP contribution in [0.2, 0.25) is 0 Å². The third kappa shape index (κ3) is 1.98. The van der Waals surface area contributed by atoms with Crippen LogP contribution < -0.4 is 0 Å². The van der Waals surface area contributed by atoms with Gasteiger partial charge in [-0.1, -0.05) is 36.4 Å². The maximum atomic E-state index is 4.62. The number of hydrogen-bond donors (Lipinski definition) is 0. The minimum absolute atomic E-state index is 0.917. The van der Waals surface area contributed by atoms with Gasteiger partial charge in [0.2, 0.25) is 0 Å². The molecule has 0 atom stereocenters. The highest BCUT2D eigenvalue weighted by Gasteiger charge is 2.22. The fourth-order valence-electron chi connectivity index (χ4n) is 3.52. The topological polar surface area (TPSA) is 30.7 Å². The molecule has 0 N–H and O–H groups in total. The molecule has 3 heteroatoms. The Morgan fingerprint density at radius 1 is 0.875 bits per heavy atom. The predicted molar refractivity (Wildman–Crippen MR) is 95.0 cm³/mol. The van der Waals surface area contributed by atoms with Gasteiger partial charge in [0.25, 0.3) is 0 Å². The van der Waals surface area contributed by atoms with Crippen LogP contribution in [0.5, 0.6) is 0 Å². The molecule has 2 aromatic heterocycles. The highest BCUT2D eigenvalue weighted by atomic mass is 15.0. The van der Waals surface area contributed by atoms with Crippen molar-refractivity contribution < 1.29 is 0 Å². The first kappa shape index (κ1) is 13.3. The van der Waals surface area contributed by atoms with Gasteiger partial charge in [0.15, 0.2) is 0 Å². The van der Waals surface area contributed by atoms with E-state index in [-0.39, 0.29) is 0 Å². The van der Waals surface area contributed by atoms with Crippen molar-refractivity contribution in [3.05, 3.63) is 90.8 Å². The van der Waals surface area contributed by atoms with Crippen molar-refractivity contribution in [2.45, 2.75) is 6.42 Å². The summed E-state index contributed by atoms with van der Waals surface area (Å²) in [6.07, 6.45) is 8.42. The van der Waals surface area contributed by atoms with E-state index in [4.69, 9.17) is 0 Å². The normalized spacial score (nSPS) is 12.0. The molecule has 0 unspecified atom stereocenters. The first-order chi connectivity index (χ1) is 11.9. The second-order valence-electron chi connectivity index (χ2n) is 6.03. The monoisotopic (exact) mass is 309 g/mol. The number of fused-ring (bicyclic) bond motifs is 3. The second-order valence-corrected chi connectivity index (χ2v) is 6.03. The molecule has 0 amide bonds. The molecule has 1 aliphatic rings. The van der Waals surface area contributed by atoms with Crippen LogP contribution in [0.1, 0.15) is 11.3 Å². The quantitative estimate of drug-likeness (QED) is 0.480. The molecule has 4 aromatic rings. The summed E-state index contributed by atoms with van der Waals surface area (Å²) in [7, 11) is 0. The van der Waals surface area contributed by atoms with Gasteiger partial charge in [0.1, 0.15) is 0 Å². The zero-order valence-corrected chi connectivity index (χ0v) is 13.1. The van der Waals surface area contributed by atoms with Gasteiger partial charge in [0, 0.05) is 36.3 Å². The molecular formula is C21H15N3. The lowest BCUT2D eigenvalue weighted by molar-refractivity contribution is 1.06. The number of rotatable bonds is 2. The average molecular weight is 309 g/mol. The van der Waals surface area contributed by atoms with E-state index in [2.05, 4.69) is 64.6 Å². The highest BCUT2D eigenvalue weighted by molar-refractivity contribution is 5.89. The van der Waals surface area contributed by atoms with Crippen LogP contribution >= 0.6 is 0 Å². The molecule has 24 heavy (non-hydrogen) atoms. The Morgan fingerprint density at radius 2 is 1.83 bits per heavy atom. The Bertz CT molecular complexity index is 1030. The fourth-order valence-corrected chi connectivity index (χ4v) is 3.52. The van der Waals surface area contributed by atoms with Gasteiger partial charge >= 0.3 is 0 Å². The van der Waals surface area contributed by atoms with Crippen molar-refractivity contribution in [2.75, 3.05) is 0 Å². The lowest BCUT2D eigenvalue weighted by Gasteiger charge is -2.11. The molecule has 0 fully saturated rings. The summed E-state index contributed by atoms with van der Waals surface area (Å²) in [6.45, 7) is 0. The third-order valence-corrected chi connectivity index (χ3v) is 4.63. The molecule has 2 heterocycles. The summed E-state index contributed by atoms with van der Waals surface area (Å²) in [5.41, 5.74) is 8.67. The van der Waals surface area contributed by atoms with E-state index in [1.807, 2.05) is 23.3 Å². The van der Waals surface area contributed by atoms with Gasteiger partial charge < -0.3 is 4.57 Å². The van der Waals surface area contributed by atoms with Gasteiger partial charge in [-0.15, -0.1) is 0 Å². The van der Waals surface area contributed by atoms with E-state index in [0.717, 1.165) is 12.1 Å². The van der Waals surface area contributed by atoms with Crippen LogP contribution in [0.4, 0.5) is 0 Å². The number of pyridine rings is 1. The van der Waals surface area contributed by atoms with E-state index in [1.165, 1.54) is 33.5 Å². The summed E-state index contributed by atoms with van der Waals surface area (Å²) < 4.78 is 2.03. The average Bonchev–Trinajstić information content (AvgIpc) is 3.29. The summed E-state index contributed by atoms with van der Waals surface area (Å²) in [5.74, 6) is 0. The number of nitrogens with zero attached hydrogens (tertiary/aromatic N) is 3. The zero-order valence-electron chi connectivity index (χ0n) is 13.1. The van der Waals surface area contributed by atoms with Crippen molar-refractivity contribution in [3.8, 4) is 27.9 Å². The van der Waals surface area contributed by atoms with Gasteiger partial charge in [-0.25, -0.2) is 4.98 Å². The van der Waals surface area contributed by atoms with E-state index < -0.39 is 0 Å². The maximum Gasteiger partial charge on any atom is 0.0991 e. The fraction of sp³-hybridized carbons (Fsp3) is 0.0476. The summed E-state index contributed by atoms with van der Waals surface area (Å²) in [5, 5.41) is 0. The minimum Gasteiger partial charge on any atom is -0.306 e. The molecule has 0 spiro atoms. The molecular weight excluding hydrogens is 294 g/mol. The van der Waals surface area contributed by atoms with Crippen molar-refractivity contribution in [2.24, 2.45) is 0 Å². The predicted octanol–water partition coefficient (Wildman–Crippen LogP) is 4.51. The second kappa shape index (κ2) is 5.17. The molecule has 1 aliphatic carbocycles.